The first-order chi connectivity index (χ1) is 17.0. The molecule has 0 aliphatic carbocycles. The summed E-state index contributed by atoms with van der Waals surface area (Å²) in [6, 6.07) is 6.75. The third kappa shape index (κ3) is 5.85. The molecule has 0 radical (unpaired) electrons. The Balaban J connectivity index is 1.77. The van der Waals surface area contributed by atoms with E-state index in [1.807, 2.05) is 26.8 Å². The Hall–Kier alpha value is -3.75. The molecule has 0 fully saturated rings. The van der Waals surface area contributed by atoms with Gasteiger partial charge < -0.3 is 29.0 Å². The van der Waals surface area contributed by atoms with Crippen molar-refractivity contribution in [3.8, 4) is 28.7 Å². The highest BCUT2D eigenvalue weighted by atomic mass is 16.5. The Bertz CT molecular complexity index is 1170. The van der Waals surface area contributed by atoms with Crippen molar-refractivity contribution in [1.82, 2.24) is 5.32 Å². The van der Waals surface area contributed by atoms with Crippen molar-refractivity contribution in [2.75, 3.05) is 40.6 Å². The summed E-state index contributed by atoms with van der Waals surface area (Å²) in [4.78, 5) is 29.8. The topological polar surface area (TPSA) is 105 Å². The number of nitrogens with zero attached hydrogens (tertiary/aromatic N) is 1. The van der Waals surface area contributed by atoms with Crippen LogP contribution in [0.25, 0.3) is 6.08 Å². The van der Waals surface area contributed by atoms with E-state index in [-0.39, 0.29) is 18.4 Å². The van der Waals surface area contributed by atoms with Crippen molar-refractivity contribution in [1.29, 1.82) is 0 Å². The molecule has 2 amide bonds. The third-order valence-electron chi connectivity index (χ3n) is 5.40. The molecule has 0 bridgehead atoms. The SMILES string of the molecule is CCOc1cc(C(=O)NCCC2C=c3c(OC)ccc(OC)c3=NC2=O)cc(OCC)c1OCC. The average Bonchev–Trinajstić information content (AvgIpc) is 2.85. The van der Waals surface area contributed by atoms with Crippen LogP contribution in [0.4, 0.5) is 0 Å². The highest BCUT2D eigenvalue weighted by Gasteiger charge is 2.22. The van der Waals surface area contributed by atoms with Crippen LogP contribution in [-0.2, 0) is 4.79 Å². The summed E-state index contributed by atoms with van der Waals surface area (Å²) in [5, 5.41) is 4.03. The lowest BCUT2D eigenvalue weighted by molar-refractivity contribution is -0.120. The molecule has 2 aromatic carbocycles. The Morgan fingerprint density at radius 1 is 0.914 bits per heavy atom. The second kappa shape index (κ2) is 12.1. The zero-order valence-electron chi connectivity index (χ0n) is 20.8. The standard InChI is InChI=1S/C26H32N2O7/c1-6-33-21-14-17(15-22(34-7-2)24(21)35-8-3)25(29)27-12-11-16-13-18-19(31-4)9-10-20(32-5)23(18)28-26(16)30/h9-10,13-16H,6-8,11-12H2,1-5H3,(H,27,29). The lowest BCUT2D eigenvalue weighted by Crippen LogP contribution is -2.37. The van der Waals surface area contributed by atoms with Crippen molar-refractivity contribution in [3.05, 3.63) is 40.4 Å². The second-order valence-corrected chi connectivity index (χ2v) is 7.60. The van der Waals surface area contributed by atoms with Crippen LogP contribution in [0, 0.1) is 5.92 Å². The van der Waals surface area contributed by atoms with Crippen LogP contribution in [0.3, 0.4) is 0 Å². The van der Waals surface area contributed by atoms with Crippen LogP contribution in [0.1, 0.15) is 37.6 Å². The fourth-order valence-electron chi connectivity index (χ4n) is 3.82. The summed E-state index contributed by atoms with van der Waals surface area (Å²) >= 11 is 0. The van der Waals surface area contributed by atoms with Gasteiger partial charge >= 0.3 is 0 Å². The summed E-state index contributed by atoms with van der Waals surface area (Å²) < 4.78 is 27.8. The summed E-state index contributed by atoms with van der Waals surface area (Å²) in [5.74, 6) is 1.36. The molecular formula is C26H32N2O7. The van der Waals surface area contributed by atoms with E-state index in [1.165, 1.54) is 7.11 Å². The molecule has 35 heavy (non-hydrogen) atoms. The minimum Gasteiger partial charge on any atom is -0.496 e. The maximum atomic E-state index is 12.9. The lowest BCUT2D eigenvalue weighted by Gasteiger charge is -2.17. The summed E-state index contributed by atoms with van der Waals surface area (Å²) in [7, 11) is 3.09. The number of nitrogens with one attached hydrogen (secondary N) is 1. The molecule has 1 N–H and O–H groups in total. The number of ether oxygens (including phenoxy) is 5. The minimum atomic E-state index is -0.498. The minimum absolute atomic E-state index is 0.268. The van der Waals surface area contributed by atoms with Crippen LogP contribution >= 0.6 is 0 Å². The molecule has 1 aliphatic heterocycles. The number of fused-ring (bicyclic) bond motifs is 1. The zero-order valence-corrected chi connectivity index (χ0v) is 20.8. The largest absolute Gasteiger partial charge is 0.496 e. The number of carbonyl (C=O) groups is 2. The molecule has 188 valence electrons. The maximum absolute atomic E-state index is 12.9. The maximum Gasteiger partial charge on any atom is 0.253 e. The van der Waals surface area contributed by atoms with E-state index in [1.54, 1.807) is 31.4 Å². The van der Waals surface area contributed by atoms with Gasteiger partial charge in [-0.05, 0) is 51.5 Å². The molecule has 2 aromatic rings. The molecule has 1 heterocycles. The van der Waals surface area contributed by atoms with Crippen LogP contribution in [-0.4, -0.2) is 52.4 Å². The summed E-state index contributed by atoms with van der Waals surface area (Å²) in [6.45, 7) is 7.10. The first-order valence-electron chi connectivity index (χ1n) is 11.7. The molecule has 0 saturated carbocycles. The van der Waals surface area contributed by atoms with Crippen LogP contribution in [0.15, 0.2) is 29.3 Å². The zero-order chi connectivity index (χ0) is 25.4. The van der Waals surface area contributed by atoms with Crippen molar-refractivity contribution in [2.24, 2.45) is 10.9 Å². The van der Waals surface area contributed by atoms with Crippen molar-refractivity contribution in [2.45, 2.75) is 27.2 Å². The fourth-order valence-corrected chi connectivity index (χ4v) is 3.82. The molecule has 9 heteroatoms. The van der Waals surface area contributed by atoms with Gasteiger partial charge in [0.05, 0.1) is 40.0 Å². The molecule has 3 rings (SSSR count). The Labute approximate surface area is 204 Å². The van der Waals surface area contributed by atoms with Gasteiger partial charge in [0, 0.05) is 17.3 Å². The molecule has 0 saturated heterocycles. The van der Waals surface area contributed by atoms with Gasteiger partial charge in [-0.15, -0.1) is 0 Å². The van der Waals surface area contributed by atoms with E-state index >= 15 is 0 Å². The normalized spacial score (nSPS) is 14.2. The van der Waals surface area contributed by atoms with Crippen LogP contribution < -0.4 is 39.6 Å². The van der Waals surface area contributed by atoms with Crippen molar-refractivity contribution in [3.63, 3.8) is 0 Å². The molecular weight excluding hydrogens is 452 g/mol. The van der Waals surface area contributed by atoms with Gasteiger partial charge in [0.2, 0.25) is 5.75 Å². The highest BCUT2D eigenvalue weighted by molar-refractivity contribution is 5.95. The van der Waals surface area contributed by atoms with E-state index in [9.17, 15) is 9.59 Å². The van der Waals surface area contributed by atoms with Crippen LogP contribution in [0.2, 0.25) is 0 Å². The van der Waals surface area contributed by atoms with E-state index in [2.05, 4.69) is 10.3 Å². The highest BCUT2D eigenvalue weighted by Crippen LogP contribution is 2.39. The number of benzene rings is 2. The summed E-state index contributed by atoms with van der Waals surface area (Å²) in [5.41, 5.74) is 0.376. The molecule has 1 atom stereocenters. The Kier molecular flexibility index (Phi) is 8.94. The predicted molar refractivity (Wildman–Crippen MR) is 130 cm³/mol. The quantitative estimate of drug-likeness (QED) is 0.493. The molecule has 1 aliphatic rings. The average molecular weight is 485 g/mol. The predicted octanol–water partition coefficient (Wildman–Crippen LogP) is 2.28. The van der Waals surface area contributed by atoms with Crippen LogP contribution in [0.5, 0.6) is 28.7 Å². The fraction of sp³-hybridized carbons (Fsp3) is 0.423. The Morgan fingerprint density at radius 2 is 1.51 bits per heavy atom. The van der Waals surface area contributed by atoms with Crippen molar-refractivity contribution < 1.29 is 33.3 Å². The van der Waals surface area contributed by atoms with Gasteiger partial charge in [0.1, 0.15) is 16.9 Å². The van der Waals surface area contributed by atoms with Crippen molar-refractivity contribution >= 4 is 17.9 Å². The third-order valence-corrected chi connectivity index (χ3v) is 5.40. The first kappa shape index (κ1) is 25.9. The Morgan fingerprint density at radius 3 is 2.09 bits per heavy atom. The van der Waals surface area contributed by atoms with Gasteiger partial charge in [-0.3, -0.25) is 9.59 Å². The number of methoxy groups -OCH3 is 2. The number of amides is 2. The van der Waals surface area contributed by atoms with Gasteiger partial charge in [-0.1, -0.05) is 6.08 Å². The number of carbonyl (C=O) groups excluding carboxylic acids is 2. The van der Waals surface area contributed by atoms with E-state index in [4.69, 9.17) is 23.7 Å². The molecule has 9 nitrogen and oxygen atoms in total. The number of hydrogen-bond acceptors (Lipinski definition) is 7. The van der Waals surface area contributed by atoms with Gasteiger partial charge in [-0.25, -0.2) is 4.99 Å². The van der Waals surface area contributed by atoms with E-state index in [0.29, 0.717) is 71.1 Å². The molecule has 1 unspecified atom stereocenters. The first-order valence-corrected chi connectivity index (χ1v) is 11.7. The number of rotatable bonds is 12. The van der Waals surface area contributed by atoms with E-state index < -0.39 is 5.92 Å². The molecule has 0 spiro atoms. The van der Waals surface area contributed by atoms with Gasteiger partial charge in [0.15, 0.2) is 11.5 Å². The second-order valence-electron chi connectivity index (χ2n) is 7.60. The van der Waals surface area contributed by atoms with E-state index in [0.717, 1.165) is 0 Å². The van der Waals surface area contributed by atoms with Gasteiger partial charge in [0.25, 0.3) is 11.8 Å². The number of hydrogen-bond donors (Lipinski definition) is 1. The molecule has 0 aromatic heterocycles. The van der Waals surface area contributed by atoms with Gasteiger partial charge in [-0.2, -0.15) is 0 Å². The summed E-state index contributed by atoms with van der Waals surface area (Å²) in [6.07, 6.45) is 2.19. The monoisotopic (exact) mass is 484 g/mol. The lowest BCUT2D eigenvalue weighted by atomic mass is 9.99. The smallest absolute Gasteiger partial charge is 0.253 e.